The van der Waals surface area contributed by atoms with Crippen molar-refractivity contribution in [1.29, 1.82) is 0 Å². The highest BCUT2D eigenvalue weighted by molar-refractivity contribution is 9.10. The minimum atomic E-state index is 0.644. The summed E-state index contributed by atoms with van der Waals surface area (Å²) in [5.74, 6) is 3.13. The van der Waals surface area contributed by atoms with Crippen LogP contribution in [0.15, 0.2) is 41.1 Å². The molecule has 2 aliphatic carbocycles. The van der Waals surface area contributed by atoms with Crippen LogP contribution in [0, 0.1) is 5.92 Å². The molecule has 1 heterocycles. The van der Waals surface area contributed by atoms with E-state index in [4.69, 9.17) is 4.74 Å². The van der Waals surface area contributed by atoms with Gasteiger partial charge in [0.05, 0.1) is 7.11 Å². The summed E-state index contributed by atoms with van der Waals surface area (Å²) >= 11 is 3.74. The van der Waals surface area contributed by atoms with Gasteiger partial charge in [-0.3, -0.25) is 4.98 Å². The van der Waals surface area contributed by atoms with Gasteiger partial charge in [0.1, 0.15) is 5.75 Å². The van der Waals surface area contributed by atoms with Crippen LogP contribution in [0.25, 0.3) is 0 Å². The van der Waals surface area contributed by atoms with Gasteiger partial charge in [0.2, 0.25) is 0 Å². The van der Waals surface area contributed by atoms with E-state index >= 15 is 0 Å². The molecule has 3 atom stereocenters. The zero-order chi connectivity index (χ0) is 13.7. The standard InChI is InChI=1S/C17H16BrNO/c1-20-14-5-4-13(18)16-11(14)2-3-12-15(17(12)16)10-6-8-19-9-7-10/h4-9,12,15,17H,2-3H2,1H3. The largest absolute Gasteiger partial charge is 0.496 e. The van der Waals surface area contributed by atoms with E-state index < -0.39 is 0 Å². The van der Waals surface area contributed by atoms with Crippen LogP contribution in [0.2, 0.25) is 0 Å². The van der Waals surface area contributed by atoms with E-state index in [1.165, 1.54) is 27.6 Å². The number of rotatable bonds is 2. The number of benzene rings is 1. The predicted octanol–water partition coefficient (Wildman–Crippen LogP) is 4.30. The van der Waals surface area contributed by atoms with Crippen molar-refractivity contribution >= 4 is 15.9 Å². The van der Waals surface area contributed by atoms with Gasteiger partial charge in [0.25, 0.3) is 0 Å². The van der Waals surface area contributed by atoms with Crippen LogP contribution < -0.4 is 4.74 Å². The first-order chi connectivity index (χ1) is 9.81. The Morgan fingerprint density at radius 1 is 1.15 bits per heavy atom. The average Bonchev–Trinajstić information content (AvgIpc) is 3.23. The molecule has 102 valence electrons. The summed E-state index contributed by atoms with van der Waals surface area (Å²) in [6.45, 7) is 0. The maximum atomic E-state index is 5.54. The fraction of sp³-hybridized carbons (Fsp3) is 0.353. The van der Waals surface area contributed by atoms with E-state index in [0.29, 0.717) is 11.8 Å². The molecule has 3 heteroatoms. The zero-order valence-electron chi connectivity index (χ0n) is 11.3. The summed E-state index contributed by atoms with van der Waals surface area (Å²) in [4.78, 5) is 4.13. The van der Waals surface area contributed by atoms with Gasteiger partial charge in [-0.2, -0.15) is 0 Å². The van der Waals surface area contributed by atoms with Crippen LogP contribution in [0.1, 0.15) is 34.9 Å². The Kier molecular flexibility index (Phi) is 2.84. The second-order valence-electron chi connectivity index (χ2n) is 5.68. The molecule has 0 bridgehead atoms. The molecule has 0 amide bonds. The molecule has 0 saturated heterocycles. The summed E-state index contributed by atoms with van der Waals surface area (Å²) in [7, 11) is 1.77. The lowest BCUT2D eigenvalue weighted by Crippen LogP contribution is -2.04. The molecule has 0 radical (unpaired) electrons. The third kappa shape index (κ3) is 1.72. The molecule has 0 spiro atoms. The van der Waals surface area contributed by atoms with Gasteiger partial charge in [-0.1, -0.05) is 15.9 Å². The van der Waals surface area contributed by atoms with E-state index in [0.717, 1.165) is 18.1 Å². The van der Waals surface area contributed by atoms with Crippen molar-refractivity contribution in [3.05, 3.63) is 57.8 Å². The second-order valence-corrected chi connectivity index (χ2v) is 6.53. The summed E-state index contributed by atoms with van der Waals surface area (Å²) in [5.41, 5.74) is 4.31. The van der Waals surface area contributed by atoms with E-state index in [1.807, 2.05) is 12.4 Å². The first kappa shape index (κ1) is 12.4. The first-order valence-electron chi connectivity index (χ1n) is 7.06. The number of pyridine rings is 1. The number of halogens is 1. The quantitative estimate of drug-likeness (QED) is 0.819. The summed E-state index contributed by atoms with van der Waals surface area (Å²) in [6.07, 6.45) is 6.20. The molecular formula is C17H16BrNO. The average molecular weight is 330 g/mol. The Balaban J connectivity index is 1.78. The van der Waals surface area contributed by atoms with Crippen molar-refractivity contribution in [3.63, 3.8) is 0 Å². The fourth-order valence-corrected chi connectivity index (χ4v) is 4.54. The van der Waals surface area contributed by atoms with Gasteiger partial charge in [0, 0.05) is 16.9 Å². The number of aromatic nitrogens is 1. The highest BCUT2D eigenvalue weighted by Crippen LogP contribution is 2.66. The van der Waals surface area contributed by atoms with E-state index in [9.17, 15) is 0 Å². The number of fused-ring (bicyclic) bond motifs is 3. The first-order valence-corrected chi connectivity index (χ1v) is 7.85. The minimum Gasteiger partial charge on any atom is -0.496 e. The van der Waals surface area contributed by atoms with E-state index in [1.54, 1.807) is 7.11 Å². The summed E-state index contributed by atoms with van der Waals surface area (Å²) in [6, 6.07) is 8.53. The van der Waals surface area contributed by atoms with Gasteiger partial charge in [-0.25, -0.2) is 0 Å². The number of hydrogen-bond acceptors (Lipinski definition) is 2. The number of nitrogens with zero attached hydrogens (tertiary/aromatic N) is 1. The maximum Gasteiger partial charge on any atom is 0.122 e. The van der Waals surface area contributed by atoms with Crippen molar-refractivity contribution in [3.8, 4) is 5.75 Å². The van der Waals surface area contributed by atoms with Gasteiger partial charge >= 0.3 is 0 Å². The Morgan fingerprint density at radius 3 is 2.70 bits per heavy atom. The van der Waals surface area contributed by atoms with E-state index in [-0.39, 0.29) is 0 Å². The minimum absolute atomic E-state index is 0.644. The number of methoxy groups -OCH3 is 1. The molecule has 1 aromatic heterocycles. The molecule has 4 rings (SSSR count). The summed E-state index contributed by atoms with van der Waals surface area (Å²) in [5, 5.41) is 0. The second kappa shape index (κ2) is 4.59. The van der Waals surface area contributed by atoms with Gasteiger partial charge in [0.15, 0.2) is 0 Å². The third-order valence-corrected chi connectivity index (χ3v) is 5.49. The third-order valence-electron chi connectivity index (χ3n) is 4.80. The van der Waals surface area contributed by atoms with Crippen molar-refractivity contribution in [1.82, 2.24) is 4.98 Å². The van der Waals surface area contributed by atoms with Crippen molar-refractivity contribution in [2.45, 2.75) is 24.7 Å². The molecule has 2 aliphatic rings. The molecule has 1 aromatic carbocycles. The highest BCUT2D eigenvalue weighted by atomic mass is 79.9. The molecule has 2 nitrogen and oxygen atoms in total. The van der Waals surface area contributed by atoms with E-state index in [2.05, 4.69) is 45.2 Å². The predicted molar refractivity (Wildman–Crippen MR) is 82.2 cm³/mol. The smallest absolute Gasteiger partial charge is 0.122 e. The van der Waals surface area contributed by atoms with Crippen molar-refractivity contribution < 1.29 is 4.74 Å². The topological polar surface area (TPSA) is 22.1 Å². The lowest BCUT2D eigenvalue weighted by Gasteiger charge is -2.19. The van der Waals surface area contributed by atoms with Crippen molar-refractivity contribution in [2.75, 3.05) is 7.11 Å². The zero-order valence-corrected chi connectivity index (χ0v) is 12.9. The van der Waals surface area contributed by atoms with Crippen LogP contribution in [0.4, 0.5) is 0 Å². The monoisotopic (exact) mass is 329 g/mol. The van der Waals surface area contributed by atoms with Gasteiger partial charge in [-0.05, 0) is 71.6 Å². The normalized spacial score (nSPS) is 26.6. The van der Waals surface area contributed by atoms with Crippen LogP contribution in [-0.4, -0.2) is 12.1 Å². The molecule has 20 heavy (non-hydrogen) atoms. The summed E-state index contributed by atoms with van der Waals surface area (Å²) < 4.78 is 6.78. The van der Waals surface area contributed by atoms with Crippen molar-refractivity contribution in [2.24, 2.45) is 5.92 Å². The molecule has 3 unspecified atom stereocenters. The Bertz CT molecular complexity index is 656. The fourth-order valence-electron chi connectivity index (χ4n) is 3.90. The Labute approximate surface area is 127 Å². The lowest BCUT2D eigenvalue weighted by molar-refractivity contribution is 0.406. The number of hydrogen-bond donors (Lipinski definition) is 0. The Morgan fingerprint density at radius 2 is 1.95 bits per heavy atom. The van der Waals surface area contributed by atoms with Crippen LogP contribution in [0.5, 0.6) is 5.75 Å². The molecule has 0 N–H and O–H groups in total. The Hall–Kier alpha value is -1.35. The van der Waals surface area contributed by atoms with Crippen LogP contribution in [-0.2, 0) is 6.42 Å². The molecule has 1 saturated carbocycles. The molecule has 1 fully saturated rings. The van der Waals surface area contributed by atoms with Crippen LogP contribution >= 0.6 is 15.9 Å². The van der Waals surface area contributed by atoms with Crippen LogP contribution in [0.3, 0.4) is 0 Å². The van der Waals surface area contributed by atoms with Gasteiger partial charge < -0.3 is 4.74 Å². The lowest BCUT2D eigenvalue weighted by atomic mass is 9.91. The molecular weight excluding hydrogens is 314 g/mol. The maximum absolute atomic E-state index is 5.54. The molecule has 0 aliphatic heterocycles. The number of ether oxygens (including phenoxy) is 1. The molecule has 2 aromatic rings. The highest BCUT2D eigenvalue weighted by Gasteiger charge is 2.54. The van der Waals surface area contributed by atoms with Gasteiger partial charge in [-0.15, -0.1) is 0 Å². The SMILES string of the molecule is COc1ccc(Br)c2c1CCC1C(c3ccncc3)C21.